The van der Waals surface area contributed by atoms with Gasteiger partial charge in [0, 0.05) is 32.0 Å². The van der Waals surface area contributed by atoms with Crippen molar-refractivity contribution in [3.05, 3.63) is 136 Å². The molecule has 0 radical (unpaired) electrons. The van der Waals surface area contributed by atoms with Crippen LogP contribution in [0.1, 0.15) is 42.5 Å². The third-order valence-corrected chi connectivity index (χ3v) is 6.53. The molecule has 2 aromatic heterocycles. The molecule has 4 rings (SSSR count). The highest BCUT2D eigenvalue weighted by Gasteiger charge is 2.15. The summed E-state index contributed by atoms with van der Waals surface area (Å²) in [6.07, 6.45) is 5.73. The van der Waals surface area contributed by atoms with Gasteiger partial charge in [0.1, 0.15) is 5.82 Å². The Labute approximate surface area is 243 Å². The summed E-state index contributed by atoms with van der Waals surface area (Å²) in [5.74, 6) is 0.240. The molecule has 39 heavy (non-hydrogen) atoms. The van der Waals surface area contributed by atoms with E-state index in [1.807, 2.05) is 93.6 Å². The number of hydrogen-bond donors (Lipinski definition) is 2. The highest BCUT2D eigenvalue weighted by atomic mass is 79.9. The normalized spacial score (nSPS) is 11.2. The van der Waals surface area contributed by atoms with Gasteiger partial charge in [0.05, 0.1) is 17.9 Å². The number of hydrogen-bond acceptors (Lipinski definition) is 3. The first-order valence-corrected chi connectivity index (χ1v) is 13.8. The number of halogens is 2. The summed E-state index contributed by atoms with van der Waals surface area (Å²) >= 11 is 9.95. The van der Waals surface area contributed by atoms with Crippen molar-refractivity contribution in [1.29, 1.82) is 0 Å². The van der Waals surface area contributed by atoms with Crippen LogP contribution in [0.25, 0.3) is 16.8 Å². The van der Waals surface area contributed by atoms with Crippen molar-refractivity contribution < 1.29 is 4.79 Å². The van der Waals surface area contributed by atoms with Crippen molar-refractivity contribution in [3.8, 4) is 11.3 Å². The summed E-state index contributed by atoms with van der Waals surface area (Å²) < 4.78 is 2.99. The minimum absolute atomic E-state index is 0.227. The van der Waals surface area contributed by atoms with E-state index in [4.69, 9.17) is 17.3 Å². The topological polar surface area (TPSA) is 72.9 Å². The Morgan fingerprint density at radius 1 is 1.05 bits per heavy atom. The molecule has 0 saturated heterocycles. The van der Waals surface area contributed by atoms with Crippen LogP contribution in [0.5, 0.6) is 0 Å². The second-order valence-corrected chi connectivity index (χ2v) is 9.61. The number of rotatable bonds is 8. The maximum Gasteiger partial charge on any atom is 0.255 e. The van der Waals surface area contributed by atoms with Crippen LogP contribution in [-0.4, -0.2) is 15.5 Å². The maximum atomic E-state index is 12.6. The van der Waals surface area contributed by atoms with Gasteiger partial charge < -0.3 is 15.6 Å². The largest absolute Gasteiger partial charge is 0.384 e. The van der Waals surface area contributed by atoms with Crippen LogP contribution in [0, 0.1) is 0 Å². The number of anilines is 1. The number of carbonyl (C=O) groups excluding carboxylic acids is 1. The van der Waals surface area contributed by atoms with E-state index < -0.39 is 0 Å². The molecule has 0 bridgehead atoms. The maximum absolute atomic E-state index is 12.6. The lowest BCUT2D eigenvalue weighted by atomic mass is 10.1. The molecule has 0 saturated carbocycles. The van der Waals surface area contributed by atoms with Gasteiger partial charge in [0.15, 0.2) is 0 Å². The second kappa shape index (κ2) is 14.3. The van der Waals surface area contributed by atoms with Gasteiger partial charge in [-0.15, -0.1) is 0 Å². The Morgan fingerprint density at radius 2 is 1.79 bits per heavy atom. The van der Waals surface area contributed by atoms with Gasteiger partial charge in [-0.25, -0.2) is 4.98 Å². The molecule has 0 fully saturated rings. The number of benzene rings is 2. The molecule has 5 nitrogen and oxygen atoms in total. The molecule has 0 atom stereocenters. The van der Waals surface area contributed by atoms with Gasteiger partial charge in [-0.3, -0.25) is 4.79 Å². The number of allylic oxidation sites excluding steroid dienone is 4. The zero-order valence-corrected chi connectivity index (χ0v) is 24.6. The van der Waals surface area contributed by atoms with E-state index in [0.717, 1.165) is 32.7 Å². The number of carbonyl (C=O) groups is 1. The van der Waals surface area contributed by atoms with Gasteiger partial charge in [0.25, 0.3) is 5.91 Å². The lowest BCUT2D eigenvalue weighted by Gasteiger charge is -2.15. The zero-order valence-electron chi connectivity index (χ0n) is 22.3. The molecule has 200 valence electrons. The monoisotopic (exact) mass is 602 g/mol. The molecule has 2 aromatic carbocycles. The summed E-state index contributed by atoms with van der Waals surface area (Å²) in [7, 11) is 0. The molecule has 0 aliphatic rings. The molecular weight excluding hydrogens is 572 g/mol. The summed E-state index contributed by atoms with van der Waals surface area (Å²) in [6, 6.07) is 24.6. The van der Waals surface area contributed by atoms with Crippen molar-refractivity contribution in [2.45, 2.75) is 27.3 Å². The Kier molecular flexibility index (Phi) is 10.9. The summed E-state index contributed by atoms with van der Waals surface area (Å²) in [4.78, 5) is 17.1. The van der Waals surface area contributed by atoms with E-state index in [1.54, 1.807) is 24.3 Å². The third-order valence-electron chi connectivity index (χ3n) is 5.71. The molecule has 4 aromatic rings. The van der Waals surface area contributed by atoms with E-state index in [0.29, 0.717) is 28.6 Å². The van der Waals surface area contributed by atoms with Gasteiger partial charge in [-0.1, -0.05) is 90.4 Å². The molecule has 0 aliphatic carbocycles. The Bertz CT molecular complexity index is 1520. The molecule has 1 amide bonds. The Balaban J connectivity index is 0.00000205. The average Bonchev–Trinajstić information content (AvgIpc) is 3.33. The van der Waals surface area contributed by atoms with Crippen LogP contribution < -0.4 is 11.1 Å². The first kappa shape index (κ1) is 29.7. The lowest BCUT2D eigenvalue weighted by molar-refractivity contribution is 0.0967. The van der Waals surface area contributed by atoms with Crippen molar-refractivity contribution in [2.75, 3.05) is 5.73 Å². The number of nitrogens with two attached hydrogens (primary N) is 1. The molecule has 2 heterocycles. The van der Waals surface area contributed by atoms with Crippen LogP contribution >= 0.6 is 27.5 Å². The van der Waals surface area contributed by atoms with Crippen LogP contribution in [0.2, 0.25) is 5.02 Å². The fourth-order valence-corrected chi connectivity index (χ4v) is 4.58. The van der Waals surface area contributed by atoms with Crippen LogP contribution in [0.15, 0.2) is 114 Å². The van der Waals surface area contributed by atoms with Gasteiger partial charge in [-0.05, 0) is 67.1 Å². The fourth-order valence-electron chi connectivity index (χ4n) is 3.95. The summed E-state index contributed by atoms with van der Waals surface area (Å²) in [6.45, 7) is 10.5. The number of nitrogens with zero attached hydrogens (tertiary/aromatic N) is 2. The second-order valence-electron chi connectivity index (χ2n) is 8.29. The average molecular weight is 604 g/mol. The van der Waals surface area contributed by atoms with Crippen molar-refractivity contribution in [2.24, 2.45) is 0 Å². The molecule has 7 heteroatoms. The van der Waals surface area contributed by atoms with Crippen molar-refractivity contribution in [3.63, 3.8) is 0 Å². The Morgan fingerprint density at radius 3 is 2.49 bits per heavy atom. The lowest BCUT2D eigenvalue weighted by Crippen LogP contribution is -2.21. The van der Waals surface area contributed by atoms with Gasteiger partial charge in [-0.2, -0.15) is 0 Å². The molecule has 0 aliphatic heterocycles. The van der Waals surface area contributed by atoms with Crippen LogP contribution in [-0.2, 0) is 6.54 Å². The fraction of sp³-hybridized carbons (Fsp3) is 0.125. The van der Waals surface area contributed by atoms with E-state index in [9.17, 15) is 4.79 Å². The minimum Gasteiger partial charge on any atom is -0.384 e. The first-order chi connectivity index (χ1) is 18.9. The summed E-state index contributed by atoms with van der Waals surface area (Å²) in [5, 5.41) is 3.50. The van der Waals surface area contributed by atoms with E-state index >= 15 is 0 Å². The SMILES string of the molecule is C=C(/C=C\C(=C/C)c1ccc(-c2ccccc2Cl)n1Cc1cccc(N)n1)NC(=O)c1cccc(Br)c1.CC. The smallest absolute Gasteiger partial charge is 0.255 e. The van der Waals surface area contributed by atoms with E-state index in [1.165, 1.54) is 0 Å². The number of pyridine rings is 1. The number of aromatic nitrogens is 2. The highest BCUT2D eigenvalue weighted by molar-refractivity contribution is 9.10. The third kappa shape index (κ3) is 7.82. The number of nitrogens with one attached hydrogen (secondary N) is 1. The predicted octanol–water partition coefficient (Wildman–Crippen LogP) is 8.53. The first-order valence-electron chi connectivity index (χ1n) is 12.6. The van der Waals surface area contributed by atoms with E-state index in [2.05, 4.69) is 37.4 Å². The Hall–Kier alpha value is -3.87. The van der Waals surface area contributed by atoms with Gasteiger partial charge >= 0.3 is 0 Å². The summed E-state index contributed by atoms with van der Waals surface area (Å²) in [5.41, 5.74) is 11.6. The quantitative estimate of drug-likeness (QED) is 0.198. The molecular formula is C32H32BrClN4O. The number of amides is 1. The zero-order chi connectivity index (χ0) is 28.4. The predicted molar refractivity (Wildman–Crippen MR) is 168 cm³/mol. The highest BCUT2D eigenvalue weighted by Crippen LogP contribution is 2.32. The van der Waals surface area contributed by atoms with Crippen molar-refractivity contribution >= 4 is 44.8 Å². The van der Waals surface area contributed by atoms with Crippen LogP contribution in [0.4, 0.5) is 5.82 Å². The van der Waals surface area contributed by atoms with Crippen LogP contribution in [0.3, 0.4) is 0 Å². The molecule has 0 unspecified atom stereocenters. The van der Waals surface area contributed by atoms with Gasteiger partial charge in [0.2, 0.25) is 0 Å². The standard InChI is InChI=1S/C30H26BrClN4O.C2H6/c1-3-21(15-14-20(2)34-30(37)22-8-6-9-23(31)18-22)27-16-17-28(25-11-4-5-12-26(25)32)36(27)19-24-10-7-13-29(33)35-24;1-2/h3-18H,2,19H2,1H3,(H2,33,35)(H,34,37);1-2H3/b15-14-,21-3+;. The minimum atomic E-state index is -0.227. The van der Waals surface area contributed by atoms with E-state index in [-0.39, 0.29) is 5.91 Å². The number of nitrogen functional groups attached to an aromatic ring is 1. The van der Waals surface area contributed by atoms with Crippen molar-refractivity contribution in [1.82, 2.24) is 14.9 Å². The molecule has 3 N–H and O–H groups in total. The molecule has 0 spiro atoms.